The normalized spacial score (nSPS) is 12.2. The fourth-order valence-corrected chi connectivity index (χ4v) is 1.62. The molecule has 0 amide bonds. The molecule has 82 valence electrons. The van der Waals surface area contributed by atoms with Crippen molar-refractivity contribution in [2.45, 2.75) is 12.3 Å². The molecule has 16 heavy (non-hydrogen) atoms. The molecule has 0 bridgehead atoms. The van der Waals surface area contributed by atoms with Gasteiger partial charge in [-0.1, -0.05) is 0 Å². The first-order chi connectivity index (χ1) is 7.77. The van der Waals surface area contributed by atoms with Crippen molar-refractivity contribution in [3.05, 3.63) is 48.0 Å². The summed E-state index contributed by atoms with van der Waals surface area (Å²) in [5.41, 5.74) is 1.58. The lowest BCUT2D eigenvalue weighted by Crippen LogP contribution is -2.09. The van der Waals surface area contributed by atoms with Gasteiger partial charge in [-0.05, 0) is 23.8 Å². The number of hydrogen-bond acceptors (Lipinski definition) is 3. The minimum atomic E-state index is -0.850. The van der Waals surface area contributed by atoms with Crippen LogP contribution in [0.5, 0.6) is 0 Å². The molecule has 2 aromatic rings. The summed E-state index contributed by atoms with van der Waals surface area (Å²) in [5, 5.41) is 16.6. The average molecular weight is 217 g/mol. The number of carboxylic acid groups (broad SMARTS) is 1. The van der Waals surface area contributed by atoms with Crippen LogP contribution in [0.15, 0.2) is 36.8 Å². The highest BCUT2D eigenvalue weighted by Crippen LogP contribution is 2.25. The second kappa shape index (κ2) is 4.57. The number of carbonyl (C=O) groups is 1. The fraction of sp³-hybridized carbons (Fsp3) is 0.182. The molecule has 0 aliphatic carbocycles. The van der Waals surface area contributed by atoms with Gasteiger partial charge in [0.05, 0.1) is 12.1 Å². The van der Waals surface area contributed by atoms with Gasteiger partial charge in [0, 0.05) is 24.5 Å². The van der Waals surface area contributed by atoms with Gasteiger partial charge in [0.15, 0.2) is 0 Å². The Balaban J connectivity index is 2.32. The van der Waals surface area contributed by atoms with Gasteiger partial charge < -0.3 is 10.1 Å². The molecule has 0 radical (unpaired) electrons. The molecule has 2 N–H and O–H groups in total. The lowest BCUT2D eigenvalue weighted by Gasteiger charge is -2.11. The van der Waals surface area contributed by atoms with E-state index in [0.717, 1.165) is 5.56 Å². The average Bonchev–Trinajstić information content (AvgIpc) is 2.80. The molecule has 2 rings (SSSR count). The van der Waals surface area contributed by atoms with Crippen molar-refractivity contribution in [3.63, 3.8) is 0 Å². The lowest BCUT2D eigenvalue weighted by molar-refractivity contribution is -0.137. The molecule has 1 unspecified atom stereocenters. The number of aliphatic carboxylic acids is 1. The van der Waals surface area contributed by atoms with Crippen LogP contribution in [0.1, 0.15) is 23.6 Å². The summed E-state index contributed by atoms with van der Waals surface area (Å²) in [4.78, 5) is 13.7. The Hall–Kier alpha value is -2.17. The van der Waals surface area contributed by atoms with Crippen molar-refractivity contribution >= 4 is 5.97 Å². The third-order valence-corrected chi connectivity index (χ3v) is 2.35. The van der Waals surface area contributed by atoms with Gasteiger partial charge in [0.2, 0.25) is 0 Å². The van der Waals surface area contributed by atoms with Crippen LogP contribution in [-0.2, 0) is 4.79 Å². The van der Waals surface area contributed by atoms with Crippen LogP contribution in [-0.4, -0.2) is 26.3 Å². The molecule has 2 aromatic heterocycles. The van der Waals surface area contributed by atoms with Crippen LogP contribution in [0.25, 0.3) is 0 Å². The van der Waals surface area contributed by atoms with Gasteiger partial charge >= 0.3 is 5.97 Å². The quantitative estimate of drug-likeness (QED) is 0.811. The van der Waals surface area contributed by atoms with Gasteiger partial charge in [-0.2, -0.15) is 10.2 Å². The third kappa shape index (κ3) is 2.25. The second-order valence-corrected chi connectivity index (χ2v) is 3.44. The van der Waals surface area contributed by atoms with E-state index in [4.69, 9.17) is 5.11 Å². The highest BCUT2D eigenvalue weighted by atomic mass is 16.4. The van der Waals surface area contributed by atoms with Gasteiger partial charge in [-0.15, -0.1) is 0 Å². The van der Waals surface area contributed by atoms with Crippen molar-refractivity contribution < 1.29 is 9.90 Å². The molecular weight excluding hydrogens is 206 g/mol. The number of carboxylic acids is 1. The molecule has 0 saturated carbocycles. The van der Waals surface area contributed by atoms with E-state index in [9.17, 15) is 4.79 Å². The van der Waals surface area contributed by atoms with Gasteiger partial charge in [-0.25, -0.2) is 0 Å². The number of rotatable bonds is 4. The van der Waals surface area contributed by atoms with Gasteiger partial charge in [-0.3, -0.25) is 4.79 Å². The van der Waals surface area contributed by atoms with Crippen molar-refractivity contribution in [1.29, 1.82) is 0 Å². The number of aromatic nitrogens is 3. The fourth-order valence-electron chi connectivity index (χ4n) is 1.62. The first kappa shape index (κ1) is 10.4. The maximum absolute atomic E-state index is 10.8. The first-order valence-corrected chi connectivity index (χ1v) is 4.89. The van der Waals surface area contributed by atoms with E-state index in [1.54, 1.807) is 30.7 Å². The molecular formula is C11H11N3O2. The van der Waals surface area contributed by atoms with Crippen molar-refractivity contribution in [1.82, 2.24) is 15.2 Å². The maximum Gasteiger partial charge on any atom is 0.304 e. The van der Waals surface area contributed by atoms with E-state index in [1.807, 2.05) is 6.07 Å². The molecule has 5 nitrogen and oxygen atoms in total. The summed E-state index contributed by atoms with van der Waals surface area (Å²) in [6, 6.07) is 5.39. The molecule has 0 spiro atoms. The zero-order valence-electron chi connectivity index (χ0n) is 8.50. The van der Waals surface area contributed by atoms with E-state index >= 15 is 0 Å². The van der Waals surface area contributed by atoms with Crippen molar-refractivity contribution in [3.8, 4) is 0 Å². The summed E-state index contributed by atoms with van der Waals surface area (Å²) in [7, 11) is 0. The summed E-state index contributed by atoms with van der Waals surface area (Å²) in [5.74, 6) is -1.10. The lowest BCUT2D eigenvalue weighted by atomic mass is 9.94. The topological polar surface area (TPSA) is 78.9 Å². The SMILES string of the molecule is O=C(O)CC(c1cc[nH]c1)c1cccnn1. The van der Waals surface area contributed by atoms with Crippen LogP contribution < -0.4 is 0 Å². The number of aromatic amines is 1. The minimum Gasteiger partial charge on any atom is -0.481 e. The monoisotopic (exact) mass is 217 g/mol. The highest BCUT2D eigenvalue weighted by Gasteiger charge is 2.19. The zero-order chi connectivity index (χ0) is 11.4. The summed E-state index contributed by atoms with van der Waals surface area (Å²) in [6.45, 7) is 0. The molecule has 0 aliphatic heterocycles. The first-order valence-electron chi connectivity index (χ1n) is 4.89. The van der Waals surface area contributed by atoms with E-state index in [-0.39, 0.29) is 12.3 Å². The predicted molar refractivity (Wildman–Crippen MR) is 56.9 cm³/mol. The number of H-pyrrole nitrogens is 1. The molecule has 0 fully saturated rings. The Bertz CT molecular complexity index is 453. The number of nitrogens with one attached hydrogen (secondary N) is 1. The second-order valence-electron chi connectivity index (χ2n) is 3.44. The smallest absolute Gasteiger partial charge is 0.304 e. The Labute approximate surface area is 92.2 Å². The Morgan fingerprint density at radius 2 is 2.38 bits per heavy atom. The number of nitrogens with zero attached hydrogens (tertiary/aromatic N) is 2. The van der Waals surface area contributed by atoms with Crippen molar-refractivity contribution in [2.75, 3.05) is 0 Å². The van der Waals surface area contributed by atoms with Crippen molar-refractivity contribution in [2.24, 2.45) is 0 Å². The molecule has 0 saturated heterocycles. The summed E-state index contributed by atoms with van der Waals surface area (Å²) < 4.78 is 0. The van der Waals surface area contributed by atoms with Gasteiger partial charge in [0.25, 0.3) is 0 Å². The standard InChI is InChI=1S/C11H11N3O2/c15-11(16)6-9(8-3-5-12-7-8)10-2-1-4-13-14-10/h1-5,7,9,12H,6H2,(H,15,16). The molecule has 0 aliphatic rings. The summed E-state index contributed by atoms with van der Waals surface area (Å²) >= 11 is 0. The van der Waals surface area contributed by atoms with E-state index < -0.39 is 5.97 Å². The third-order valence-electron chi connectivity index (χ3n) is 2.35. The van der Waals surface area contributed by atoms with Gasteiger partial charge in [0.1, 0.15) is 0 Å². The predicted octanol–water partition coefficient (Wildman–Crippen LogP) is 1.41. The van der Waals surface area contributed by atoms with E-state index in [2.05, 4.69) is 15.2 Å². The van der Waals surface area contributed by atoms with Crippen LogP contribution in [0.4, 0.5) is 0 Å². The van der Waals surface area contributed by atoms with Crippen LogP contribution >= 0.6 is 0 Å². The largest absolute Gasteiger partial charge is 0.481 e. The number of hydrogen-bond donors (Lipinski definition) is 2. The highest BCUT2D eigenvalue weighted by molar-refractivity contribution is 5.68. The minimum absolute atomic E-state index is 0.0105. The molecule has 0 aromatic carbocycles. The molecule has 5 heteroatoms. The Morgan fingerprint density at radius 3 is 2.94 bits per heavy atom. The maximum atomic E-state index is 10.8. The van der Waals surface area contributed by atoms with Crippen LogP contribution in [0, 0.1) is 0 Å². The van der Waals surface area contributed by atoms with Crippen LogP contribution in [0.3, 0.4) is 0 Å². The molecule has 2 heterocycles. The molecule has 1 atom stereocenters. The zero-order valence-corrected chi connectivity index (χ0v) is 8.50. The van der Waals surface area contributed by atoms with Crippen LogP contribution in [0.2, 0.25) is 0 Å². The Kier molecular flexibility index (Phi) is 2.95. The van der Waals surface area contributed by atoms with E-state index in [1.165, 1.54) is 0 Å². The Morgan fingerprint density at radius 1 is 1.50 bits per heavy atom. The van der Waals surface area contributed by atoms with E-state index in [0.29, 0.717) is 5.69 Å². The summed E-state index contributed by atoms with van der Waals surface area (Å²) in [6.07, 6.45) is 5.12.